The van der Waals surface area contributed by atoms with Gasteiger partial charge in [-0.3, -0.25) is 13.9 Å². The fourth-order valence-electron chi connectivity index (χ4n) is 4.38. The largest absolute Gasteiger partial charge is 0.352 e. The molecule has 0 saturated heterocycles. The van der Waals surface area contributed by atoms with Crippen molar-refractivity contribution in [1.29, 1.82) is 0 Å². The Morgan fingerprint density at radius 2 is 1.65 bits per heavy atom. The lowest BCUT2D eigenvalue weighted by molar-refractivity contribution is -0.141. The third-order valence-electron chi connectivity index (χ3n) is 6.25. The summed E-state index contributed by atoms with van der Waals surface area (Å²) in [5, 5.41) is 3.28. The molecule has 0 aromatic heterocycles. The Kier molecular flexibility index (Phi) is 11.1. The molecule has 0 spiro atoms. The molecule has 0 aliphatic rings. The van der Waals surface area contributed by atoms with Gasteiger partial charge in [0.25, 0.3) is 0 Å². The lowest BCUT2D eigenvalue weighted by Crippen LogP contribution is -2.52. The number of rotatable bonds is 13. The SMILES string of the molecule is CC(C)NC(=O)[C@@H](Cc1ccccc1)N(Cc1ccccc1F)C(=O)CCCN(c1cccc(Cl)c1)S(C)(=O)=O. The Labute approximate surface area is 241 Å². The van der Waals surface area contributed by atoms with Crippen LogP contribution in [-0.2, 0) is 32.6 Å². The number of nitrogens with one attached hydrogen (secondary N) is 1. The molecule has 3 rings (SSSR count). The molecule has 0 radical (unpaired) electrons. The number of benzene rings is 3. The van der Waals surface area contributed by atoms with E-state index in [1.165, 1.54) is 15.3 Å². The van der Waals surface area contributed by atoms with Crippen LogP contribution in [0.15, 0.2) is 78.9 Å². The van der Waals surface area contributed by atoms with E-state index in [4.69, 9.17) is 11.6 Å². The summed E-state index contributed by atoms with van der Waals surface area (Å²) >= 11 is 6.07. The van der Waals surface area contributed by atoms with Gasteiger partial charge in [0.05, 0.1) is 11.9 Å². The minimum atomic E-state index is -3.65. The van der Waals surface area contributed by atoms with Gasteiger partial charge in [-0.2, -0.15) is 0 Å². The Bertz CT molecular complexity index is 1400. The van der Waals surface area contributed by atoms with E-state index in [1.807, 2.05) is 44.2 Å². The summed E-state index contributed by atoms with van der Waals surface area (Å²) in [6.07, 6.45) is 1.45. The third kappa shape index (κ3) is 9.06. The highest BCUT2D eigenvalue weighted by Crippen LogP contribution is 2.23. The van der Waals surface area contributed by atoms with Crippen LogP contribution in [0.3, 0.4) is 0 Å². The van der Waals surface area contributed by atoms with Gasteiger partial charge < -0.3 is 10.2 Å². The van der Waals surface area contributed by atoms with Gasteiger partial charge in [-0.1, -0.05) is 66.2 Å². The normalized spacial score (nSPS) is 12.2. The van der Waals surface area contributed by atoms with Crippen LogP contribution in [0.1, 0.15) is 37.8 Å². The molecule has 10 heteroatoms. The Morgan fingerprint density at radius 3 is 2.27 bits per heavy atom. The summed E-state index contributed by atoms with van der Waals surface area (Å²) in [5.74, 6) is -1.21. The second-order valence-electron chi connectivity index (χ2n) is 9.90. The molecule has 0 unspecified atom stereocenters. The van der Waals surface area contributed by atoms with Crippen molar-refractivity contribution in [1.82, 2.24) is 10.2 Å². The van der Waals surface area contributed by atoms with Gasteiger partial charge in [0.2, 0.25) is 21.8 Å². The van der Waals surface area contributed by atoms with Crippen molar-refractivity contribution in [3.8, 4) is 0 Å². The lowest BCUT2D eigenvalue weighted by atomic mass is 10.0. The van der Waals surface area contributed by atoms with E-state index in [1.54, 1.807) is 42.5 Å². The molecule has 214 valence electrons. The van der Waals surface area contributed by atoms with Crippen molar-refractivity contribution >= 4 is 39.1 Å². The first-order chi connectivity index (χ1) is 19.0. The molecule has 3 aromatic carbocycles. The second kappa shape index (κ2) is 14.3. The number of sulfonamides is 1. The van der Waals surface area contributed by atoms with Crippen LogP contribution < -0.4 is 9.62 Å². The molecule has 1 N–H and O–H groups in total. The number of nitrogens with zero attached hydrogens (tertiary/aromatic N) is 2. The predicted octanol–water partition coefficient (Wildman–Crippen LogP) is 5.19. The Morgan fingerprint density at radius 1 is 0.975 bits per heavy atom. The molecule has 0 bridgehead atoms. The first-order valence-corrected chi connectivity index (χ1v) is 15.3. The molecule has 0 fully saturated rings. The van der Waals surface area contributed by atoms with Crippen LogP contribution in [-0.4, -0.2) is 50.0 Å². The number of hydrogen-bond acceptors (Lipinski definition) is 4. The van der Waals surface area contributed by atoms with Crippen LogP contribution in [0.25, 0.3) is 0 Å². The van der Waals surface area contributed by atoms with E-state index in [0.717, 1.165) is 11.8 Å². The van der Waals surface area contributed by atoms with E-state index in [0.29, 0.717) is 10.7 Å². The zero-order chi connectivity index (χ0) is 29.3. The lowest BCUT2D eigenvalue weighted by Gasteiger charge is -2.32. The molecule has 3 aromatic rings. The number of anilines is 1. The molecule has 40 heavy (non-hydrogen) atoms. The van der Waals surface area contributed by atoms with Crippen molar-refractivity contribution in [2.75, 3.05) is 17.1 Å². The highest BCUT2D eigenvalue weighted by atomic mass is 35.5. The van der Waals surface area contributed by atoms with Gasteiger partial charge in [0.1, 0.15) is 11.9 Å². The second-order valence-corrected chi connectivity index (χ2v) is 12.2. The number of hydrogen-bond donors (Lipinski definition) is 1. The standard InChI is InChI=1S/C30H35ClFN3O4S/c1-22(2)33-30(37)28(19-23-11-5-4-6-12-23)34(21-24-13-7-8-16-27(24)32)29(36)17-10-18-35(40(3,38)39)26-15-9-14-25(31)20-26/h4-9,11-16,20,22,28H,10,17-19,21H2,1-3H3,(H,33,37)/t28-/m1/s1. The highest BCUT2D eigenvalue weighted by Gasteiger charge is 2.31. The molecule has 7 nitrogen and oxygen atoms in total. The molecule has 0 aliphatic carbocycles. The molecule has 1 atom stereocenters. The fraction of sp³-hybridized carbons (Fsp3) is 0.333. The fourth-order valence-corrected chi connectivity index (χ4v) is 5.52. The third-order valence-corrected chi connectivity index (χ3v) is 7.68. The van der Waals surface area contributed by atoms with Gasteiger partial charge in [-0.05, 0) is 50.1 Å². The van der Waals surface area contributed by atoms with E-state index < -0.39 is 21.9 Å². The molecular formula is C30H35ClFN3O4S. The maximum absolute atomic E-state index is 14.7. The van der Waals surface area contributed by atoms with Crippen LogP contribution >= 0.6 is 11.6 Å². The van der Waals surface area contributed by atoms with Gasteiger partial charge in [0, 0.05) is 42.6 Å². The van der Waals surface area contributed by atoms with E-state index in [2.05, 4.69) is 5.32 Å². The summed E-state index contributed by atoms with van der Waals surface area (Å²) in [6, 6.07) is 20.8. The van der Waals surface area contributed by atoms with Crippen LogP contribution in [0.2, 0.25) is 5.02 Å². The maximum Gasteiger partial charge on any atom is 0.243 e. The molecular weight excluding hydrogens is 553 g/mol. The number of halogens is 2. The van der Waals surface area contributed by atoms with Gasteiger partial charge in [-0.25, -0.2) is 12.8 Å². The van der Waals surface area contributed by atoms with Crippen LogP contribution in [0.5, 0.6) is 0 Å². The first-order valence-electron chi connectivity index (χ1n) is 13.1. The topological polar surface area (TPSA) is 86.8 Å². The van der Waals surface area contributed by atoms with E-state index in [-0.39, 0.29) is 55.8 Å². The summed E-state index contributed by atoms with van der Waals surface area (Å²) < 4.78 is 41.0. The monoisotopic (exact) mass is 587 g/mol. The molecule has 0 saturated carbocycles. The van der Waals surface area contributed by atoms with Crippen molar-refractivity contribution < 1.29 is 22.4 Å². The maximum atomic E-state index is 14.7. The summed E-state index contributed by atoms with van der Waals surface area (Å²) in [7, 11) is -3.65. The van der Waals surface area contributed by atoms with Gasteiger partial charge >= 0.3 is 0 Å². The Hall–Kier alpha value is -3.43. The minimum Gasteiger partial charge on any atom is -0.352 e. The van der Waals surface area contributed by atoms with E-state index >= 15 is 0 Å². The Balaban J connectivity index is 1.89. The van der Waals surface area contributed by atoms with Crippen molar-refractivity contribution in [3.05, 3.63) is 101 Å². The van der Waals surface area contributed by atoms with Gasteiger partial charge in [0.15, 0.2) is 0 Å². The van der Waals surface area contributed by atoms with Crippen molar-refractivity contribution in [3.63, 3.8) is 0 Å². The quantitative estimate of drug-likeness (QED) is 0.298. The average molecular weight is 588 g/mol. The van der Waals surface area contributed by atoms with Crippen molar-refractivity contribution in [2.24, 2.45) is 0 Å². The number of carbonyl (C=O) groups excluding carboxylic acids is 2. The molecule has 2 amide bonds. The first kappa shape index (κ1) is 31.1. The highest BCUT2D eigenvalue weighted by molar-refractivity contribution is 7.92. The zero-order valence-corrected chi connectivity index (χ0v) is 24.5. The minimum absolute atomic E-state index is 0.0278. The van der Waals surface area contributed by atoms with E-state index in [9.17, 15) is 22.4 Å². The van der Waals surface area contributed by atoms with Gasteiger partial charge in [-0.15, -0.1) is 0 Å². The average Bonchev–Trinajstić information content (AvgIpc) is 2.89. The summed E-state index contributed by atoms with van der Waals surface area (Å²) in [4.78, 5) is 28.5. The number of carbonyl (C=O) groups is 2. The molecule has 0 heterocycles. The molecule has 0 aliphatic heterocycles. The summed E-state index contributed by atoms with van der Waals surface area (Å²) in [6.45, 7) is 3.57. The van der Waals surface area contributed by atoms with Crippen LogP contribution in [0.4, 0.5) is 10.1 Å². The smallest absolute Gasteiger partial charge is 0.243 e. The predicted molar refractivity (Wildman–Crippen MR) is 157 cm³/mol. The van der Waals surface area contributed by atoms with Crippen molar-refractivity contribution in [2.45, 2.75) is 51.7 Å². The summed E-state index contributed by atoms with van der Waals surface area (Å²) in [5.41, 5.74) is 1.52. The zero-order valence-electron chi connectivity index (χ0n) is 22.9. The van der Waals surface area contributed by atoms with Crippen LogP contribution in [0, 0.1) is 5.82 Å². The number of amides is 2.